The van der Waals surface area contributed by atoms with E-state index in [0.29, 0.717) is 22.7 Å². The number of benzene rings is 4. The van der Waals surface area contributed by atoms with Gasteiger partial charge in [-0.25, -0.2) is 9.59 Å². The maximum atomic E-state index is 13.7. The number of hydrogen-bond acceptors (Lipinski definition) is 8. The number of carbonyl (C=O) groups is 4. The number of carboxylic acids is 2. The highest BCUT2D eigenvalue weighted by molar-refractivity contribution is 6.32. The Balaban J connectivity index is 1.53. The molecule has 0 saturated heterocycles. The van der Waals surface area contributed by atoms with Gasteiger partial charge >= 0.3 is 11.9 Å². The third-order valence-corrected chi connectivity index (χ3v) is 6.49. The molecule has 1 aliphatic rings. The minimum absolute atomic E-state index is 0.0645. The Morgan fingerprint density at radius 3 is 1.38 bits per heavy atom. The highest BCUT2D eigenvalue weighted by atomic mass is 16.5. The van der Waals surface area contributed by atoms with Gasteiger partial charge in [0.2, 0.25) is 0 Å². The molecule has 0 saturated carbocycles. The first-order chi connectivity index (χ1) is 19.2. The van der Waals surface area contributed by atoms with E-state index in [4.69, 9.17) is 9.47 Å². The molecule has 4 aromatic rings. The van der Waals surface area contributed by atoms with Gasteiger partial charge in [-0.15, -0.1) is 0 Å². The molecule has 10 heteroatoms. The fourth-order valence-electron chi connectivity index (χ4n) is 4.67. The van der Waals surface area contributed by atoms with Crippen molar-refractivity contribution >= 4 is 46.3 Å². The van der Waals surface area contributed by atoms with Crippen LogP contribution in [0.5, 0.6) is 11.5 Å². The first kappa shape index (κ1) is 26.0. The van der Waals surface area contributed by atoms with Crippen molar-refractivity contribution in [1.29, 1.82) is 0 Å². The molecule has 0 unspecified atom stereocenters. The van der Waals surface area contributed by atoms with Crippen molar-refractivity contribution in [3.8, 4) is 11.5 Å². The third-order valence-electron chi connectivity index (χ3n) is 6.49. The van der Waals surface area contributed by atoms with Crippen molar-refractivity contribution in [1.82, 2.24) is 0 Å². The van der Waals surface area contributed by atoms with E-state index in [2.05, 4.69) is 10.6 Å². The summed E-state index contributed by atoms with van der Waals surface area (Å²) in [4.78, 5) is 50.8. The van der Waals surface area contributed by atoms with Gasteiger partial charge in [0, 0.05) is 22.5 Å². The zero-order chi connectivity index (χ0) is 28.6. The number of anilines is 4. The van der Waals surface area contributed by atoms with Crippen molar-refractivity contribution in [2.45, 2.75) is 0 Å². The van der Waals surface area contributed by atoms with Crippen LogP contribution in [0.3, 0.4) is 0 Å². The van der Waals surface area contributed by atoms with Gasteiger partial charge in [0.1, 0.15) is 22.6 Å². The van der Waals surface area contributed by atoms with E-state index in [1.165, 1.54) is 38.5 Å². The summed E-state index contributed by atoms with van der Waals surface area (Å²) in [6.07, 6.45) is 0. The molecule has 5 rings (SSSR count). The molecule has 0 heterocycles. The fraction of sp³-hybridized carbons (Fsp3) is 0.0667. The Labute approximate surface area is 227 Å². The largest absolute Gasteiger partial charge is 0.496 e. The highest BCUT2D eigenvalue weighted by Gasteiger charge is 2.33. The highest BCUT2D eigenvalue weighted by Crippen LogP contribution is 2.38. The minimum atomic E-state index is -1.18. The molecule has 0 radical (unpaired) electrons. The van der Waals surface area contributed by atoms with Crippen LogP contribution in [0.4, 0.5) is 22.7 Å². The molecule has 0 bridgehead atoms. The summed E-state index contributed by atoms with van der Waals surface area (Å²) >= 11 is 0. The van der Waals surface area contributed by atoms with Gasteiger partial charge in [-0.05, 0) is 48.5 Å². The van der Waals surface area contributed by atoms with Crippen LogP contribution in [0.1, 0.15) is 52.6 Å². The van der Waals surface area contributed by atoms with E-state index in [-0.39, 0.29) is 44.9 Å². The normalized spacial score (nSPS) is 11.8. The van der Waals surface area contributed by atoms with E-state index in [9.17, 15) is 29.4 Å². The molecule has 0 amide bonds. The molecular weight excluding hydrogens is 516 g/mol. The Morgan fingerprint density at radius 1 is 0.625 bits per heavy atom. The second-order valence-electron chi connectivity index (χ2n) is 8.80. The number of carboxylic acid groups (broad SMARTS) is 2. The van der Waals surface area contributed by atoms with Gasteiger partial charge in [-0.2, -0.15) is 0 Å². The van der Waals surface area contributed by atoms with Crippen LogP contribution in [0.15, 0.2) is 72.8 Å². The van der Waals surface area contributed by atoms with Gasteiger partial charge in [0.25, 0.3) is 0 Å². The van der Waals surface area contributed by atoms with Crippen LogP contribution < -0.4 is 20.1 Å². The van der Waals surface area contributed by atoms with Crippen molar-refractivity contribution in [2.24, 2.45) is 0 Å². The molecule has 200 valence electrons. The van der Waals surface area contributed by atoms with Crippen LogP contribution in [0.2, 0.25) is 0 Å². The van der Waals surface area contributed by atoms with Crippen LogP contribution >= 0.6 is 0 Å². The zero-order valence-corrected chi connectivity index (χ0v) is 21.3. The molecule has 0 fully saturated rings. The number of methoxy groups -OCH3 is 2. The van der Waals surface area contributed by atoms with E-state index in [0.717, 1.165) is 0 Å². The molecule has 4 N–H and O–H groups in total. The smallest absolute Gasteiger partial charge is 0.339 e. The van der Waals surface area contributed by atoms with Gasteiger partial charge in [0.05, 0.1) is 36.7 Å². The predicted octanol–water partition coefficient (Wildman–Crippen LogP) is 5.36. The van der Waals surface area contributed by atoms with E-state index >= 15 is 0 Å². The fourth-order valence-corrected chi connectivity index (χ4v) is 4.67. The second-order valence-corrected chi connectivity index (χ2v) is 8.80. The predicted molar refractivity (Wildman–Crippen MR) is 146 cm³/mol. The number of fused-ring (bicyclic) bond motifs is 2. The number of nitrogens with one attached hydrogen (secondary N) is 2. The molecule has 0 atom stereocenters. The van der Waals surface area contributed by atoms with Crippen LogP contribution in [0, 0.1) is 0 Å². The number of aromatic carboxylic acids is 2. The average molecular weight is 539 g/mol. The standard InChI is InChI=1S/C30H22N2O8/c1-39-23-11-9-15(13-19(23)29(35)36)31-21-7-3-5-17-25(21)27(33)18-6-4-8-22(26(18)28(17)34)32-16-10-12-24(40-2)20(14-16)30(37)38/h3-14,31-32H,1-2H3,(H,35,36)(H,37,38). The first-order valence-corrected chi connectivity index (χ1v) is 12.0. The van der Waals surface area contributed by atoms with E-state index in [1.807, 2.05) is 0 Å². The number of ether oxygens (including phenoxy) is 2. The molecule has 10 nitrogen and oxygen atoms in total. The lowest BCUT2D eigenvalue weighted by molar-refractivity contribution is 0.0682. The molecule has 1 aliphatic carbocycles. The molecule has 0 aromatic heterocycles. The van der Waals surface area contributed by atoms with Gasteiger partial charge in [-0.1, -0.05) is 24.3 Å². The Kier molecular flexibility index (Phi) is 6.66. The quantitative estimate of drug-likeness (QED) is 0.203. The van der Waals surface area contributed by atoms with Crippen molar-refractivity contribution in [2.75, 3.05) is 24.9 Å². The lowest BCUT2D eigenvalue weighted by atomic mass is 9.82. The molecule has 40 heavy (non-hydrogen) atoms. The van der Waals surface area contributed by atoms with Gasteiger partial charge in [-0.3, -0.25) is 9.59 Å². The lowest BCUT2D eigenvalue weighted by Crippen LogP contribution is -2.23. The molecule has 0 aliphatic heterocycles. The first-order valence-electron chi connectivity index (χ1n) is 12.0. The van der Waals surface area contributed by atoms with E-state index in [1.54, 1.807) is 48.5 Å². The maximum absolute atomic E-state index is 13.7. The summed E-state index contributed by atoms with van der Waals surface area (Å²) in [7, 11) is 2.74. The summed E-state index contributed by atoms with van der Waals surface area (Å²) in [5.74, 6) is -2.79. The van der Waals surface area contributed by atoms with Crippen molar-refractivity contribution < 1.29 is 38.9 Å². The average Bonchev–Trinajstić information content (AvgIpc) is 2.95. The van der Waals surface area contributed by atoms with Crippen molar-refractivity contribution in [3.63, 3.8) is 0 Å². The third kappa shape index (κ3) is 4.47. The number of hydrogen-bond donors (Lipinski definition) is 4. The number of ketones is 2. The van der Waals surface area contributed by atoms with Crippen LogP contribution in [-0.4, -0.2) is 47.9 Å². The monoisotopic (exact) mass is 538 g/mol. The summed E-state index contributed by atoms with van der Waals surface area (Å²) < 4.78 is 10.2. The minimum Gasteiger partial charge on any atom is -0.496 e. The van der Waals surface area contributed by atoms with Gasteiger partial charge in [0.15, 0.2) is 11.6 Å². The molecule has 4 aromatic carbocycles. The molecular formula is C30H22N2O8. The Bertz CT molecular complexity index is 1600. The maximum Gasteiger partial charge on any atom is 0.339 e. The number of rotatable bonds is 8. The second kappa shape index (κ2) is 10.3. The molecule has 0 spiro atoms. The van der Waals surface area contributed by atoms with Crippen LogP contribution in [0.25, 0.3) is 0 Å². The Hall–Kier alpha value is -5.64. The summed E-state index contributed by atoms with van der Waals surface area (Å²) in [5, 5.41) is 25.2. The van der Waals surface area contributed by atoms with Crippen molar-refractivity contribution in [3.05, 3.63) is 106 Å². The zero-order valence-electron chi connectivity index (χ0n) is 21.3. The SMILES string of the molecule is COc1ccc(Nc2cccc3c2C(=O)c2cccc(Nc4ccc(OC)c(C(=O)O)c4)c2C3=O)cc1C(=O)O. The summed E-state index contributed by atoms with van der Waals surface area (Å²) in [6.45, 7) is 0. The lowest BCUT2D eigenvalue weighted by Gasteiger charge is -2.23. The Morgan fingerprint density at radius 2 is 1.02 bits per heavy atom. The summed E-state index contributed by atoms with van der Waals surface area (Å²) in [6, 6.07) is 18.6. The van der Waals surface area contributed by atoms with Crippen LogP contribution in [-0.2, 0) is 0 Å². The number of carbonyl (C=O) groups excluding carboxylic acids is 2. The summed E-state index contributed by atoms with van der Waals surface area (Å²) in [5.41, 5.74) is 1.98. The topological polar surface area (TPSA) is 151 Å². The van der Waals surface area contributed by atoms with Gasteiger partial charge < -0.3 is 30.3 Å². The van der Waals surface area contributed by atoms with E-state index < -0.39 is 23.5 Å².